The van der Waals surface area contributed by atoms with E-state index in [-0.39, 0.29) is 29.8 Å². The van der Waals surface area contributed by atoms with Crippen molar-refractivity contribution in [3.63, 3.8) is 0 Å². The first-order valence-corrected chi connectivity index (χ1v) is 15.8. The number of carbonyl (C=O) groups excluding carboxylic acids is 3. The van der Waals surface area contributed by atoms with E-state index in [0.717, 1.165) is 51.4 Å². The fourth-order valence-electron chi connectivity index (χ4n) is 8.26. The molecule has 3 heterocycles. The first-order valence-electron chi connectivity index (χ1n) is 15.8. The second-order valence-corrected chi connectivity index (χ2v) is 13.0. The summed E-state index contributed by atoms with van der Waals surface area (Å²) < 4.78 is 11.8. The molecule has 1 aromatic carbocycles. The van der Waals surface area contributed by atoms with Gasteiger partial charge in [-0.05, 0) is 55.4 Å². The summed E-state index contributed by atoms with van der Waals surface area (Å²) in [6, 6.07) is 6.44. The van der Waals surface area contributed by atoms with Crippen LogP contribution in [0.15, 0.2) is 36.4 Å². The molecule has 3 amide bonds. The number of hydrogen-bond acceptors (Lipinski definition) is 5. The van der Waals surface area contributed by atoms with E-state index in [2.05, 4.69) is 24.5 Å². The third-order valence-electron chi connectivity index (χ3n) is 10.7. The number of methoxy groups -OCH3 is 1. The van der Waals surface area contributed by atoms with E-state index >= 15 is 0 Å². The molecule has 6 unspecified atom stereocenters. The zero-order valence-corrected chi connectivity index (χ0v) is 24.6. The minimum atomic E-state index is -1.13. The minimum absolute atomic E-state index is 0.0254. The molecule has 2 saturated carbocycles. The molecule has 222 valence electrons. The van der Waals surface area contributed by atoms with Crippen LogP contribution in [0.5, 0.6) is 5.75 Å². The summed E-state index contributed by atoms with van der Waals surface area (Å²) in [7, 11) is 1.60. The number of rotatable bonds is 6. The van der Waals surface area contributed by atoms with Crippen LogP contribution < -0.4 is 15.4 Å². The van der Waals surface area contributed by atoms with Crippen molar-refractivity contribution < 1.29 is 23.9 Å². The molecule has 6 rings (SSSR count). The number of benzene rings is 1. The molecule has 2 saturated heterocycles. The summed E-state index contributed by atoms with van der Waals surface area (Å²) in [6.07, 6.45) is 13.9. The standard InChI is InChI=1S/C33H45N3O5/c1-20-10-9-13-25(21(20)2)35-31(38)29-33-19-18-26(41-33)27(30(37)34-22-14-16-24(40-3)17-15-22)28(33)32(39)36(29)23-11-7-5-4-6-8-12-23/h14-21,23,25-29H,4-13H2,1-3H3,(H,34,37)(H,35,38)/t20?,21?,25?,26-,27?,28-,29?,33?/m1/s1. The third kappa shape index (κ3) is 4.96. The van der Waals surface area contributed by atoms with Gasteiger partial charge in [-0.3, -0.25) is 14.4 Å². The Labute approximate surface area is 243 Å². The smallest absolute Gasteiger partial charge is 0.246 e. The van der Waals surface area contributed by atoms with Gasteiger partial charge in [0.1, 0.15) is 17.4 Å². The number of hydrogen-bond donors (Lipinski definition) is 2. The lowest BCUT2D eigenvalue weighted by molar-refractivity contribution is -0.144. The number of fused-ring (bicyclic) bond motifs is 1. The van der Waals surface area contributed by atoms with E-state index in [9.17, 15) is 14.4 Å². The molecule has 0 aromatic heterocycles. The topological polar surface area (TPSA) is 97.0 Å². The second kappa shape index (κ2) is 11.4. The van der Waals surface area contributed by atoms with E-state index in [4.69, 9.17) is 9.47 Å². The van der Waals surface area contributed by atoms with Gasteiger partial charge in [0.25, 0.3) is 0 Å². The van der Waals surface area contributed by atoms with Crippen LogP contribution in [0.25, 0.3) is 0 Å². The fraction of sp³-hybridized carbons (Fsp3) is 0.667. The van der Waals surface area contributed by atoms with Crippen molar-refractivity contribution in [1.82, 2.24) is 10.2 Å². The van der Waals surface area contributed by atoms with Crippen LogP contribution in [-0.2, 0) is 19.1 Å². The Balaban J connectivity index is 1.31. The van der Waals surface area contributed by atoms with Crippen LogP contribution in [-0.4, -0.2) is 59.6 Å². The summed E-state index contributed by atoms with van der Waals surface area (Å²) >= 11 is 0. The van der Waals surface area contributed by atoms with Gasteiger partial charge in [0.2, 0.25) is 17.7 Å². The van der Waals surface area contributed by atoms with E-state index in [1.807, 2.05) is 17.1 Å². The average Bonchev–Trinajstić information content (AvgIpc) is 3.59. The van der Waals surface area contributed by atoms with Crippen LogP contribution in [0.2, 0.25) is 0 Å². The van der Waals surface area contributed by atoms with Gasteiger partial charge in [-0.15, -0.1) is 0 Å². The molecule has 4 fully saturated rings. The molecule has 2 bridgehead atoms. The fourth-order valence-corrected chi connectivity index (χ4v) is 8.26. The Bertz CT molecular complexity index is 1180. The number of carbonyl (C=O) groups is 3. The van der Waals surface area contributed by atoms with Gasteiger partial charge >= 0.3 is 0 Å². The first-order chi connectivity index (χ1) is 19.8. The van der Waals surface area contributed by atoms with Gasteiger partial charge < -0.3 is 25.0 Å². The zero-order valence-electron chi connectivity index (χ0n) is 24.6. The zero-order chi connectivity index (χ0) is 28.7. The highest BCUT2D eigenvalue weighted by Crippen LogP contribution is 2.56. The monoisotopic (exact) mass is 563 g/mol. The molecular formula is C33H45N3O5. The summed E-state index contributed by atoms with van der Waals surface area (Å²) in [5.74, 6) is -0.305. The Hall–Kier alpha value is -2.87. The van der Waals surface area contributed by atoms with Gasteiger partial charge in [-0.1, -0.05) is 70.9 Å². The number of nitrogens with zero attached hydrogens (tertiary/aromatic N) is 1. The van der Waals surface area contributed by atoms with E-state index in [1.165, 1.54) is 12.8 Å². The van der Waals surface area contributed by atoms with Gasteiger partial charge in [0.05, 0.1) is 25.0 Å². The normalized spacial score (nSPS) is 36.9. The van der Waals surface area contributed by atoms with E-state index in [1.54, 1.807) is 31.4 Å². The lowest BCUT2D eigenvalue weighted by atomic mass is 9.73. The molecule has 2 N–H and O–H groups in total. The lowest BCUT2D eigenvalue weighted by Crippen LogP contribution is -2.59. The van der Waals surface area contributed by atoms with Crippen molar-refractivity contribution in [1.29, 1.82) is 0 Å². The molecule has 2 aliphatic carbocycles. The summed E-state index contributed by atoms with van der Waals surface area (Å²) in [4.78, 5) is 44.5. The van der Waals surface area contributed by atoms with Crippen LogP contribution in [0.4, 0.5) is 5.69 Å². The maximum Gasteiger partial charge on any atom is 0.246 e. The number of amides is 3. The SMILES string of the molecule is COc1ccc(NC(=O)C2[C@H]3C=CC4(O3)C(C(=O)NC3CCCC(C)C3C)N(C3CCCCCCC3)C(=O)[C@@H]24)cc1. The van der Waals surface area contributed by atoms with Crippen LogP contribution >= 0.6 is 0 Å². The quantitative estimate of drug-likeness (QED) is 0.483. The van der Waals surface area contributed by atoms with E-state index < -0.39 is 29.6 Å². The van der Waals surface area contributed by atoms with Gasteiger partial charge in [0, 0.05) is 17.8 Å². The maximum absolute atomic E-state index is 14.5. The molecule has 5 aliphatic rings. The predicted octanol–water partition coefficient (Wildman–Crippen LogP) is 4.84. The molecule has 1 aromatic rings. The molecule has 1 spiro atoms. The Kier molecular flexibility index (Phi) is 7.88. The number of likely N-dealkylation sites (tertiary alicyclic amines) is 1. The maximum atomic E-state index is 14.5. The predicted molar refractivity (Wildman–Crippen MR) is 156 cm³/mol. The number of anilines is 1. The minimum Gasteiger partial charge on any atom is -0.497 e. The Morgan fingerprint density at radius 1 is 0.951 bits per heavy atom. The van der Waals surface area contributed by atoms with Crippen LogP contribution in [0.1, 0.15) is 78.1 Å². The first kappa shape index (κ1) is 28.3. The molecule has 0 radical (unpaired) electrons. The third-order valence-corrected chi connectivity index (χ3v) is 10.7. The molecule has 41 heavy (non-hydrogen) atoms. The average molecular weight is 564 g/mol. The van der Waals surface area contributed by atoms with Gasteiger partial charge in [0.15, 0.2) is 0 Å². The van der Waals surface area contributed by atoms with Crippen molar-refractivity contribution in [2.24, 2.45) is 23.7 Å². The van der Waals surface area contributed by atoms with Crippen LogP contribution in [0.3, 0.4) is 0 Å². The Morgan fingerprint density at radius 3 is 2.37 bits per heavy atom. The number of nitrogens with one attached hydrogen (secondary N) is 2. The van der Waals surface area contributed by atoms with E-state index in [0.29, 0.717) is 23.3 Å². The Morgan fingerprint density at radius 2 is 1.66 bits per heavy atom. The number of ether oxygens (including phenoxy) is 2. The highest BCUT2D eigenvalue weighted by Gasteiger charge is 2.73. The van der Waals surface area contributed by atoms with Crippen molar-refractivity contribution in [2.75, 3.05) is 12.4 Å². The summed E-state index contributed by atoms with van der Waals surface area (Å²) in [6.45, 7) is 4.48. The van der Waals surface area contributed by atoms with Crippen molar-refractivity contribution in [3.05, 3.63) is 36.4 Å². The van der Waals surface area contributed by atoms with Gasteiger partial charge in [-0.25, -0.2) is 0 Å². The largest absolute Gasteiger partial charge is 0.497 e. The highest BCUT2D eigenvalue weighted by molar-refractivity contribution is 6.03. The van der Waals surface area contributed by atoms with Crippen molar-refractivity contribution >= 4 is 23.4 Å². The lowest BCUT2D eigenvalue weighted by Gasteiger charge is -2.40. The van der Waals surface area contributed by atoms with Crippen LogP contribution in [0, 0.1) is 23.7 Å². The molecule has 8 heteroatoms. The van der Waals surface area contributed by atoms with Crippen molar-refractivity contribution in [2.45, 2.75) is 108 Å². The second-order valence-electron chi connectivity index (χ2n) is 13.0. The molecular weight excluding hydrogens is 518 g/mol. The van der Waals surface area contributed by atoms with Gasteiger partial charge in [-0.2, -0.15) is 0 Å². The molecule has 8 nitrogen and oxygen atoms in total. The molecule has 3 aliphatic heterocycles. The van der Waals surface area contributed by atoms with Crippen molar-refractivity contribution in [3.8, 4) is 5.75 Å². The summed E-state index contributed by atoms with van der Waals surface area (Å²) in [5.41, 5.74) is -0.492. The molecule has 8 atom stereocenters. The highest BCUT2D eigenvalue weighted by atomic mass is 16.5. The summed E-state index contributed by atoms with van der Waals surface area (Å²) in [5, 5.41) is 6.39.